The molecule has 3 aromatic carbocycles. The van der Waals surface area contributed by atoms with Gasteiger partial charge in [0, 0.05) is 37.4 Å². The summed E-state index contributed by atoms with van der Waals surface area (Å²) in [6.45, 7) is 1.40. The Morgan fingerprint density at radius 1 is 0.743 bits per heavy atom. The Morgan fingerprint density at radius 3 is 2.06 bits per heavy atom. The third-order valence-corrected chi connectivity index (χ3v) is 5.65. The normalized spacial score (nSPS) is 13.1. The number of nitrogens with one attached hydrogen (secondary N) is 1. The summed E-state index contributed by atoms with van der Waals surface area (Å²) in [5.74, 6) is -0.173. The van der Waals surface area contributed by atoms with Crippen molar-refractivity contribution in [1.82, 2.24) is 9.80 Å². The molecule has 0 aliphatic carbocycles. The molecule has 0 saturated carbocycles. The average Bonchev–Trinajstić information content (AvgIpc) is 2.91. The highest BCUT2D eigenvalue weighted by Crippen LogP contribution is 2.16. The summed E-state index contributed by atoms with van der Waals surface area (Å²) >= 11 is 0. The quantitative estimate of drug-likeness (QED) is 0.528. The van der Waals surface area contributed by atoms with E-state index >= 15 is 0 Å². The first kappa shape index (κ1) is 23.8. The lowest BCUT2D eigenvalue weighted by Crippen LogP contribution is -2.52. The van der Waals surface area contributed by atoms with Crippen LogP contribution in [0.25, 0.3) is 0 Å². The van der Waals surface area contributed by atoms with E-state index in [0.29, 0.717) is 43.1 Å². The van der Waals surface area contributed by atoms with E-state index in [9.17, 15) is 14.4 Å². The van der Waals surface area contributed by atoms with Gasteiger partial charge in [-0.25, -0.2) is 9.59 Å². The van der Waals surface area contributed by atoms with Crippen LogP contribution in [-0.2, 0) is 16.1 Å². The van der Waals surface area contributed by atoms with Gasteiger partial charge >= 0.3 is 12.0 Å². The van der Waals surface area contributed by atoms with Crippen LogP contribution in [0.1, 0.15) is 15.9 Å². The summed E-state index contributed by atoms with van der Waals surface area (Å²) in [5.41, 5.74) is 1.75. The maximum Gasteiger partial charge on any atom is 0.339 e. The number of benzene rings is 3. The van der Waals surface area contributed by atoms with Crippen molar-refractivity contribution in [3.8, 4) is 5.75 Å². The summed E-state index contributed by atoms with van der Waals surface area (Å²) < 4.78 is 11.1. The molecule has 8 heteroatoms. The van der Waals surface area contributed by atoms with Crippen LogP contribution >= 0.6 is 0 Å². The number of para-hydroxylation sites is 2. The number of amides is 3. The molecule has 1 aliphatic rings. The number of anilines is 1. The Morgan fingerprint density at radius 2 is 1.34 bits per heavy atom. The lowest BCUT2D eigenvalue weighted by atomic mass is 10.1. The number of piperazine rings is 1. The molecule has 1 fully saturated rings. The molecule has 0 radical (unpaired) electrons. The number of esters is 1. The second-order valence-electron chi connectivity index (χ2n) is 8.00. The third-order valence-electron chi connectivity index (χ3n) is 5.65. The molecular weight excluding hydrogens is 446 g/mol. The first-order valence-electron chi connectivity index (χ1n) is 11.4. The number of nitrogens with zero attached hydrogens (tertiary/aromatic N) is 2. The van der Waals surface area contributed by atoms with E-state index in [-0.39, 0.29) is 25.2 Å². The van der Waals surface area contributed by atoms with Crippen molar-refractivity contribution in [3.63, 3.8) is 0 Å². The van der Waals surface area contributed by atoms with Crippen molar-refractivity contribution < 1.29 is 23.9 Å². The molecular formula is C27H27N3O5. The predicted octanol–water partition coefficient (Wildman–Crippen LogP) is 3.80. The van der Waals surface area contributed by atoms with E-state index in [1.54, 1.807) is 28.0 Å². The SMILES string of the molecule is O=C(OCC(=O)N1CCN(C(=O)Nc2ccccc2)CC1)c1ccccc1COc1ccccc1. The van der Waals surface area contributed by atoms with Gasteiger partial charge in [-0.3, -0.25) is 4.79 Å². The van der Waals surface area contributed by atoms with E-state index in [1.807, 2.05) is 66.7 Å². The van der Waals surface area contributed by atoms with Gasteiger partial charge in [0.25, 0.3) is 5.91 Å². The van der Waals surface area contributed by atoms with Crippen LogP contribution in [0.5, 0.6) is 5.75 Å². The lowest BCUT2D eigenvalue weighted by Gasteiger charge is -2.34. The van der Waals surface area contributed by atoms with Crippen LogP contribution in [0.3, 0.4) is 0 Å². The number of ether oxygens (including phenoxy) is 2. The molecule has 0 spiro atoms. The molecule has 1 heterocycles. The highest BCUT2D eigenvalue weighted by Gasteiger charge is 2.25. The van der Waals surface area contributed by atoms with E-state index in [1.165, 1.54) is 0 Å². The molecule has 0 bridgehead atoms. The number of rotatable bonds is 7. The number of carbonyl (C=O) groups is 3. The second-order valence-corrected chi connectivity index (χ2v) is 8.00. The minimum Gasteiger partial charge on any atom is -0.489 e. The van der Waals surface area contributed by atoms with Crippen LogP contribution in [0.15, 0.2) is 84.9 Å². The van der Waals surface area contributed by atoms with Gasteiger partial charge < -0.3 is 24.6 Å². The molecule has 4 rings (SSSR count). The van der Waals surface area contributed by atoms with Crippen molar-refractivity contribution in [3.05, 3.63) is 96.1 Å². The summed E-state index contributed by atoms with van der Waals surface area (Å²) in [7, 11) is 0. The van der Waals surface area contributed by atoms with Gasteiger partial charge in [-0.2, -0.15) is 0 Å². The van der Waals surface area contributed by atoms with Crippen LogP contribution in [0.4, 0.5) is 10.5 Å². The van der Waals surface area contributed by atoms with Crippen molar-refractivity contribution in [2.75, 3.05) is 38.1 Å². The van der Waals surface area contributed by atoms with E-state index in [0.717, 1.165) is 5.69 Å². The molecule has 3 aromatic rings. The topological polar surface area (TPSA) is 88.2 Å². The van der Waals surface area contributed by atoms with Crippen molar-refractivity contribution in [1.29, 1.82) is 0 Å². The predicted molar refractivity (Wildman–Crippen MR) is 131 cm³/mol. The van der Waals surface area contributed by atoms with Gasteiger partial charge in [0.15, 0.2) is 6.61 Å². The number of hydrogen-bond donors (Lipinski definition) is 1. The fourth-order valence-corrected chi connectivity index (χ4v) is 3.70. The largest absolute Gasteiger partial charge is 0.489 e. The zero-order valence-electron chi connectivity index (χ0n) is 19.3. The zero-order valence-corrected chi connectivity index (χ0v) is 19.3. The molecule has 1 N–H and O–H groups in total. The minimum absolute atomic E-state index is 0.205. The Labute approximate surface area is 204 Å². The Bertz CT molecular complexity index is 1150. The van der Waals surface area contributed by atoms with Crippen molar-refractivity contribution in [2.45, 2.75) is 6.61 Å². The smallest absolute Gasteiger partial charge is 0.339 e. The minimum atomic E-state index is -0.577. The molecule has 180 valence electrons. The Hall–Kier alpha value is -4.33. The summed E-state index contributed by atoms with van der Waals surface area (Å²) in [6, 6.07) is 25.3. The molecule has 0 atom stereocenters. The highest BCUT2D eigenvalue weighted by molar-refractivity contribution is 5.93. The van der Waals surface area contributed by atoms with Crippen LogP contribution in [-0.4, -0.2) is 60.5 Å². The number of carbonyl (C=O) groups excluding carboxylic acids is 3. The van der Waals surface area contributed by atoms with Gasteiger partial charge in [0.2, 0.25) is 0 Å². The average molecular weight is 474 g/mol. The maximum atomic E-state index is 12.7. The molecule has 1 saturated heterocycles. The van der Waals surface area contributed by atoms with Gasteiger partial charge in [-0.05, 0) is 30.3 Å². The van der Waals surface area contributed by atoms with E-state index in [4.69, 9.17) is 9.47 Å². The first-order valence-corrected chi connectivity index (χ1v) is 11.4. The molecule has 1 aliphatic heterocycles. The van der Waals surface area contributed by atoms with Gasteiger partial charge in [-0.15, -0.1) is 0 Å². The van der Waals surface area contributed by atoms with Gasteiger partial charge in [0.1, 0.15) is 12.4 Å². The third kappa shape index (κ3) is 6.60. The summed E-state index contributed by atoms with van der Waals surface area (Å²) in [4.78, 5) is 41.0. The van der Waals surface area contributed by atoms with Crippen LogP contribution in [0.2, 0.25) is 0 Å². The fourth-order valence-electron chi connectivity index (χ4n) is 3.70. The zero-order chi connectivity index (χ0) is 24.5. The fraction of sp³-hybridized carbons (Fsp3) is 0.222. The van der Waals surface area contributed by atoms with Crippen LogP contribution < -0.4 is 10.1 Å². The maximum absolute atomic E-state index is 12.7. The van der Waals surface area contributed by atoms with Crippen molar-refractivity contribution >= 4 is 23.6 Å². The number of urea groups is 1. The van der Waals surface area contributed by atoms with Crippen LogP contribution in [0, 0.1) is 0 Å². The molecule has 3 amide bonds. The highest BCUT2D eigenvalue weighted by atomic mass is 16.5. The Balaban J connectivity index is 1.24. The monoisotopic (exact) mass is 473 g/mol. The van der Waals surface area contributed by atoms with Crippen molar-refractivity contribution in [2.24, 2.45) is 0 Å². The molecule has 35 heavy (non-hydrogen) atoms. The molecule has 0 aromatic heterocycles. The van der Waals surface area contributed by atoms with Gasteiger partial charge in [0.05, 0.1) is 5.56 Å². The summed E-state index contributed by atoms with van der Waals surface area (Å²) in [5, 5.41) is 2.84. The molecule has 8 nitrogen and oxygen atoms in total. The number of hydrogen-bond acceptors (Lipinski definition) is 5. The first-order chi connectivity index (χ1) is 17.1. The standard InChI is InChI=1S/C27H27N3O5/c31-25(29-15-17-30(18-16-29)27(33)28-22-10-3-1-4-11-22)20-35-26(32)24-14-8-7-9-21(24)19-34-23-12-5-2-6-13-23/h1-14H,15-20H2,(H,28,33). The van der Waals surface area contributed by atoms with E-state index < -0.39 is 5.97 Å². The Kier molecular flexibility index (Phi) is 7.96. The van der Waals surface area contributed by atoms with E-state index in [2.05, 4.69) is 5.32 Å². The van der Waals surface area contributed by atoms with Gasteiger partial charge in [-0.1, -0.05) is 54.6 Å². The second kappa shape index (κ2) is 11.7. The molecule has 0 unspecified atom stereocenters. The lowest BCUT2D eigenvalue weighted by molar-refractivity contribution is -0.135. The summed E-state index contributed by atoms with van der Waals surface area (Å²) in [6.07, 6.45) is 0.